The summed E-state index contributed by atoms with van der Waals surface area (Å²) in [6, 6.07) is 0. The molecule has 0 aliphatic heterocycles. The molecule has 0 aliphatic rings. The second kappa shape index (κ2) is 6.12. The molecule has 1 amide bonds. The van der Waals surface area contributed by atoms with Gasteiger partial charge in [0.15, 0.2) is 0 Å². The first-order valence-corrected chi connectivity index (χ1v) is 5.26. The molecule has 6 heteroatoms. The van der Waals surface area contributed by atoms with Gasteiger partial charge in [-0.2, -0.15) is 5.10 Å². The Bertz CT molecular complexity index is 366. The molecule has 0 aromatic carbocycles. The van der Waals surface area contributed by atoms with Crippen molar-refractivity contribution in [3.8, 4) is 0 Å². The van der Waals surface area contributed by atoms with Crippen LogP contribution in [0.2, 0.25) is 0 Å². The van der Waals surface area contributed by atoms with Gasteiger partial charge in [-0.15, -0.1) is 5.10 Å². The van der Waals surface area contributed by atoms with Crippen LogP contribution in [-0.2, 0) is 4.79 Å². The molecule has 1 aromatic heterocycles. The molecular formula is C10H17N5O. The Morgan fingerprint density at radius 3 is 2.62 bits per heavy atom. The summed E-state index contributed by atoms with van der Waals surface area (Å²) in [6.07, 6.45) is 1.25. The van der Waals surface area contributed by atoms with Crippen molar-refractivity contribution in [2.75, 3.05) is 18.9 Å². The summed E-state index contributed by atoms with van der Waals surface area (Å²) in [4.78, 5) is 15.6. The summed E-state index contributed by atoms with van der Waals surface area (Å²) >= 11 is 0. The van der Waals surface area contributed by atoms with Gasteiger partial charge in [-0.1, -0.05) is 0 Å². The van der Waals surface area contributed by atoms with Gasteiger partial charge in [0.2, 0.25) is 11.9 Å². The second-order valence-electron chi connectivity index (χ2n) is 3.56. The van der Waals surface area contributed by atoms with Crippen LogP contribution in [0.15, 0.2) is 0 Å². The van der Waals surface area contributed by atoms with Gasteiger partial charge in [0.25, 0.3) is 0 Å². The predicted octanol–water partition coefficient (Wildman–Crippen LogP) is 0.427. The van der Waals surface area contributed by atoms with E-state index in [2.05, 4.69) is 25.8 Å². The van der Waals surface area contributed by atoms with Crippen molar-refractivity contribution in [1.29, 1.82) is 0 Å². The quantitative estimate of drug-likeness (QED) is 0.707. The Morgan fingerprint density at radius 2 is 2.00 bits per heavy atom. The number of nitrogens with zero attached hydrogens (tertiary/aromatic N) is 3. The SMILES string of the molecule is CNCCCC(=O)Nc1nnc(C)c(C)n1. The molecule has 2 N–H and O–H groups in total. The van der Waals surface area contributed by atoms with Crippen LogP contribution in [0.1, 0.15) is 24.2 Å². The van der Waals surface area contributed by atoms with E-state index in [0.29, 0.717) is 6.42 Å². The molecule has 0 aliphatic carbocycles. The minimum absolute atomic E-state index is 0.0831. The number of carbonyl (C=O) groups is 1. The number of hydrogen-bond donors (Lipinski definition) is 2. The zero-order valence-electron chi connectivity index (χ0n) is 9.87. The summed E-state index contributed by atoms with van der Waals surface area (Å²) in [5.74, 6) is 0.192. The number of rotatable bonds is 5. The van der Waals surface area contributed by atoms with Crippen LogP contribution < -0.4 is 10.6 Å². The zero-order chi connectivity index (χ0) is 12.0. The van der Waals surface area contributed by atoms with Gasteiger partial charge in [0, 0.05) is 6.42 Å². The summed E-state index contributed by atoms with van der Waals surface area (Å²) in [6.45, 7) is 4.48. The standard InChI is InChI=1S/C10H17N5O/c1-7-8(2)14-15-10(12-7)13-9(16)5-4-6-11-3/h11H,4-6H2,1-3H3,(H,12,13,15,16). The molecule has 88 valence electrons. The van der Waals surface area contributed by atoms with Crippen LogP contribution in [-0.4, -0.2) is 34.7 Å². The predicted molar refractivity (Wildman–Crippen MR) is 61.1 cm³/mol. The lowest BCUT2D eigenvalue weighted by Gasteiger charge is -2.04. The Kier molecular flexibility index (Phi) is 4.78. The van der Waals surface area contributed by atoms with Crippen molar-refractivity contribution in [3.63, 3.8) is 0 Å². The highest BCUT2D eigenvalue weighted by Crippen LogP contribution is 2.02. The molecule has 1 rings (SSSR count). The average molecular weight is 223 g/mol. The third kappa shape index (κ3) is 3.90. The van der Waals surface area contributed by atoms with Gasteiger partial charge in [-0.05, 0) is 33.9 Å². The number of carbonyl (C=O) groups excluding carboxylic acids is 1. The van der Waals surface area contributed by atoms with Crippen molar-refractivity contribution in [2.24, 2.45) is 0 Å². The van der Waals surface area contributed by atoms with Gasteiger partial charge in [0.1, 0.15) is 0 Å². The highest BCUT2D eigenvalue weighted by Gasteiger charge is 2.05. The number of hydrogen-bond acceptors (Lipinski definition) is 5. The summed E-state index contributed by atoms with van der Waals surface area (Å²) < 4.78 is 0. The monoisotopic (exact) mass is 223 g/mol. The smallest absolute Gasteiger partial charge is 0.249 e. The number of anilines is 1. The fraction of sp³-hybridized carbons (Fsp3) is 0.600. The number of aryl methyl sites for hydroxylation is 2. The Morgan fingerprint density at radius 1 is 1.25 bits per heavy atom. The Balaban J connectivity index is 2.46. The third-order valence-corrected chi connectivity index (χ3v) is 2.17. The van der Waals surface area contributed by atoms with E-state index in [9.17, 15) is 4.79 Å². The van der Waals surface area contributed by atoms with E-state index < -0.39 is 0 Å². The number of aromatic nitrogens is 3. The topological polar surface area (TPSA) is 79.8 Å². The normalized spacial score (nSPS) is 10.2. The van der Waals surface area contributed by atoms with Gasteiger partial charge in [0.05, 0.1) is 11.4 Å². The van der Waals surface area contributed by atoms with Crippen LogP contribution in [0.5, 0.6) is 0 Å². The van der Waals surface area contributed by atoms with Gasteiger partial charge >= 0.3 is 0 Å². The fourth-order valence-electron chi connectivity index (χ4n) is 1.12. The maximum atomic E-state index is 11.4. The summed E-state index contributed by atoms with van der Waals surface area (Å²) in [5, 5.41) is 13.3. The van der Waals surface area contributed by atoms with Crippen LogP contribution in [0.25, 0.3) is 0 Å². The van der Waals surface area contributed by atoms with Crippen molar-refractivity contribution in [3.05, 3.63) is 11.4 Å². The van der Waals surface area contributed by atoms with E-state index in [0.717, 1.165) is 24.4 Å². The maximum absolute atomic E-state index is 11.4. The molecule has 0 spiro atoms. The molecular weight excluding hydrogens is 206 g/mol. The Hall–Kier alpha value is -1.56. The largest absolute Gasteiger partial charge is 0.320 e. The van der Waals surface area contributed by atoms with Crippen molar-refractivity contribution < 1.29 is 4.79 Å². The third-order valence-electron chi connectivity index (χ3n) is 2.17. The first kappa shape index (κ1) is 12.5. The lowest BCUT2D eigenvalue weighted by molar-refractivity contribution is -0.116. The van der Waals surface area contributed by atoms with Gasteiger partial charge in [-0.25, -0.2) is 4.98 Å². The van der Waals surface area contributed by atoms with E-state index in [1.807, 2.05) is 20.9 Å². The number of amides is 1. The second-order valence-corrected chi connectivity index (χ2v) is 3.56. The van der Waals surface area contributed by atoms with Crippen molar-refractivity contribution >= 4 is 11.9 Å². The fourth-order valence-corrected chi connectivity index (χ4v) is 1.12. The van der Waals surface area contributed by atoms with Crippen LogP contribution in [0, 0.1) is 13.8 Å². The molecule has 0 radical (unpaired) electrons. The van der Waals surface area contributed by atoms with Gasteiger partial charge < -0.3 is 5.32 Å². The first-order chi connectivity index (χ1) is 7.63. The summed E-state index contributed by atoms with van der Waals surface area (Å²) in [7, 11) is 1.86. The lowest BCUT2D eigenvalue weighted by atomic mass is 10.3. The lowest BCUT2D eigenvalue weighted by Crippen LogP contribution is -2.17. The molecule has 6 nitrogen and oxygen atoms in total. The van der Waals surface area contributed by atoms with Crippen LogP contribution in [0.4, 0.5) is 5.95 Å². The number of nitrogens with one attached hydrogen (secondary N) is 2. The molecule has 0 saturated carbocycles. The van der Waals surface area contributed by atoms with E-state index in [-0.39, 0.29) is 11.9 Å². The molecule has 1 aromatic rings. The van der Waals surface area contributed by atoms with Crippen molar-refractivity contribution in [1.82, 2.24) is 20.5 Å². The molecule has 0 atom stereocenters. The minimum atomic E-state index is -0.0831. The zero-order valence-corrected chi connectivity index (χ0v) is 9.87. The highest BCUT2D eigenvalue weighted by atomic mass is 16.1. The van der Waals surface area contributed by atoms with E-state index in [4.69, 9.17) is 0 Å². The molecule has 0 fully saturated rings. The van der Waals surface area contributed by atoms with E-state index in [1.165, 1.54) is 0 Å². The Labute approximate surface area is 94.9 Å². The van der Waals surface area contributed by atoms with Crippen molar-refractivity contribution in [2.45, 2.75) is 26.7 Å². The summed E-state index contributed by atoms with van der Waals surface area (Å²) in [5.41, 5.74) is 1.55. The molecule has 0 unspecified atom stereocenters. The molecule has 0 saturated heterocycles. The molecule has 16 heavy (non-hydrogen) atoms. The van der Waals surface area contributed by atoms with Crippen LogP contribution in [0.3, 0.4) is 0 Å². The highest BCUT2D eigenvalue weighted by molar-refractivity contribution is 5.88. The molecule has 0 bridgehead atoms. The average Bonchev–Trinajstić information content (AvgIpc) is 2.24. The van der Waals surface area contributed by atoms with Gasteiger partial charge in [-0.3, -0.25) is 10.1 Å². The first-order valence-electron chi connectivity index (χ1n) is 5.26. The minimum Gasteiger partial charge on any atom is -0.320 e. The van der Waals surface area contributed by atoms with Crippen LogP contribution >= 0.6 is 0 Å². The maximum Gasteiger partial charge on any atom is 0.249 e. The molecule has 1 heterocycles. The van der Waals surface area contributed by atoms with E-state index >= 15 is 0 Å². The van der Waals surface area contributed by atoms with E-state index in [1.54, 1.807) is 0 Å².